The molecule has 0 bridgehead atoms. The lowest BCUT2D eigenvalue weighted by Crippen LogP contribution is -2.37. The van der Waals surface area contributed by atoms with Crippen molar-refractivity contribution in [3.8, 4) is 11.5 Å². The van der Waals surface area contributed by atoms with E-state index in [9.17, 15) is 4.79 Å². The molecule has 1 heterocycles. The molecule has 5 nitrogen and oxygen atoms in total. The zero-order valence-corrected chi connectivity index (χ0v) is 21.3. The molecule has 0 unspecified atom stereocenters. The van der Waals surface area contributed by atoms with Crippen LogP contribution in [0.15, 0.2) is 128 Å². The average molecular weight is 501 g/mol. The molecular weight excluding hydrogens is 472 g/mol. The Labute approximate surface area is 222 Å². The first kappa shape index (κ1) is 24.8. The van der Waals surface area contributed by atoms with Crippen LogP contribution in [0.25, 0.3) is 6.08 Å². The van der Waals surface area contributed by atoms with Gasteiger partial charge in [-0.25, -0.2) is 4.98 Å². The van der Waals surface area contributed by atoms with Crippen molar-refractivity contribution < 1.29 is 14.3 Å². The number of carbonyl (C=O) groups is 1. The van der Waals surface area contributed by atoms with Crippen LogP contribution in [0.1, 0.15) is 32.7 Å². The average Bonchev–Trinajstić information content (AvgIpc) is 3.48. The van der Waals surface area contributed by atoms with Crippen molar-refractivity contribution in [2.75, 3.05) is 14.2 Å². The van der Waals surface area contributed by atoms with Gasteiger partial charge in [-0.2, -0.15) is 0 Å². The Morgan fingerprint density at radius 3 is 1.79 bits per heavy atom. The fourth-order valence-corrected chi connectivity index (χ4v) is 4.91. The van der Waals surface area contributed by atoms with Crippen molar-refractivity contribution in [3.05, 3.63) is 156 Å². The molecule has 0 spiro atoms. The molecule has 4 aromatic carbocycles. The fourth-order valence-electron chi connectivity index (χ4n) is 4.91. The van der Waals surface area contributed by atoms with Gasteiger partial charge in [0.2, 0.25) is 5.78 Å². The van der Waals surface area contributed by atoms with Crippen LogP contribution >= 0.6 is 0 Å². The number of allylic oxidation sites excluding steroid dienone is 1. The molecule has 0 aliphatic carbocycles. The Morgan fingerprint density at radius 1 is 0.737 bits per heavy atom. The Balaban J connectivity index is 1.61. The molecule has 0 aliphatic heterocycles. The molecule has 0 fully saturated rings. The molecule has 0 N–H and O–H groups in total. The molecule has 0 saturated heterocycles. The van der Waals surface area contributed by atoms with E-state index < -0.39 is 5.54 Å². The highest BCUT2D eigenvalue weighted by molar-refractivity contribution is 6.05. The van der Waals surface area contributed by atoms with Gasteiger partial charge in [0.1, 0.15) is 11.2 Å². The number of hydrogen-bond acceptors (Lipinski definition) is 4. The Kier molecular flexibility index (Phi) is 7.18. The molecule has 5 aromatic rings. The Hall–Kier alpha value is -4.90. The Bertz CT molecular complexity index is 1440. The van der Waals surface area contributed by atoms with Crippen LogP contribution in [0.3, 0.4) is 0 Å². The number of aromatic nitrogens is 2. The van der Waals surface area contributed by atoms with Gasteiger partial charge < -0.3 is 14.0 Å². The number of hydrogen-bond donors (Lipinski definition) is 0. The number of rotatable bonds is 9. The minimum absolute atomic E-state index is 0.211. The number of methoxy groups -OCH3 is 2. The fraction of sp³-hybridized carbons (Fsp3) is 0.0909. The van der Waals surface area contributed by atoms with Gasteiger partial charge in [-0.05, 0) is 34.9 Å². The maximum Gasteiger partial charge on any atom is 0.205 e. The normalized spacial score (nSPS) is 11.4. The summed E-state index contributed by atoms with van der Waals surface area (Å²) in [6.07, 6.45) is 6.80. The summed E-state index contributed by atoms with van der Waals surface area (Å²) >= 11 is 0. The van der Waals surface area contributed by atoms with Crippen molar-refractivity contribution in [3.63, 3.8) is 0 Å². The number of ether oxygens (including phenoxy) is 2. The number of nitrogens with zero attached hydrogens (tertiary/aromatic N) is 2. The summed E-state index contributed by atoms with van der Waals surface area (Å²) in [4.78, 5) is 17.8. The minimum atomic E-state index is -0.727. The molecule has 188 valence electrons. The van der Waals surface area contributed by atoms with Gasteiger partial charge in [-0.15, -0.1) is 0 Å². The van der Waals surface area contributed by atoms with Crippen LogP contribution in [0.4, 0.5) is 0 Å². The second kappa shape index (κ2) is 11.0. The van der Waals surface area contributed by atoms with E-state index in [1.165, 1.54) is 6.08 Å². The topological polar surface area (TPSA) is 53.4 Å². The largest absolute Gasteiger partial charge is 0.493 e. The van der Waals surface area contributed by atoms with E-state index in [4.69, 9.17) is 9.47 Å². The van der Waals surface area contributed by atoms with Crippen molar-refractivity contribution in [1.82, 2.24) is 9.55 Å². The van der Waals surface area contributed by atoms with E-state index in [0.29, 0.717) is 17.2 Å². The summed E-state index contributed by atoms with van der Waals surface area (Å²) in [6.45, 7) is 0. The first-order chi connectivity index (χ1) is 18.7. The van der Waals surface area contributed by atoms with E-state index >= 15 is 0 Å². The first-order valence-electron chi connectivity index (χ1n) is 12.3. The third-order valence-electron chi connectivity index (χ3n) is 6.64. The highest BCUT2D eigenvalue weighted by Crippen LogP contribution is 2.40. The lowest BCUT2D eigenvalue weighted by Gasteiger charge is -2.37. The zero-order valence-electron chi connectivity index (χ0n) is 21.3. The second-order valence-electron chi connectivity index (χ2n) is 8.75. The molecular formula is C33H28N2O3. The van der Waals surface area contributed by atoms with Gasteiger partial charge in [-0.1, -0.05) is 103 Å². The first-order valence-corrected chi connectivity index (χ1v) is 12.3. The Morgan fingerprint density at radius 2 is 1.29 bits per heavy atom. The number of benzene rings is 4. The summed E-state index contributed by atoms with van der Waals surface area (Å²) < 4.78 is 12.9. The molecule has 0 amide bonds. The van der Waals surface area contributed by atoms with Gasteiger partial charge in [0.25, 0.3) is 0 Å². The van der Waals surface area contributed by atoms with Gasteiger partial charge in [0.05, 0.1) is 20.5 Å². The molecule has 0 saturated carbocycles. The van der Waals surface area contributed by atoms with Gasteiger partial charge in [0.15, 0.2) is 11.5 Å². The summed E-state index contributed by atoms with van der Waals surface area (Å²) in [5.41, 5.74) is 3.54. The van der Waals surface area contributed by atoms with Crippen LogP contribution in [0, 0.1) is 0 Å². The molecule has 0 radical (unpaired) electrons. The molecule has 5 heteroatoms. The van der Waals surface area contributed by atoms with Crippen LogP contribution in [0.5, 0.6) is 11.5 Å². The van der Waals surface area contributed by atoms with Crippen LogP contribution in [0.2, 0.25) is 0 Å². The summed E-state index contributed by atoms with van der Waals surface area (Å²) in [7, 11) is 3.16. The summed E-state index contributed by atoms with van der Waals surface area (Å²) in [5.74, 6) is 0.960. The number of imidazole rings is 1. The smallest absolute Gasteiger partial charge is 0.205 e. The van der Waals surface area contributed by atoms with E-state index in [1.54, 1.807) is 26.6 Å². The van der Waals surface area contributed by atoms with Crippen molar-refractivity contribution >= 4 is 11.9 Å². The van der Waals surface area contributed by atoms with E-state index in [0.717, 1.165) is 22.3 Å². The van der Waals surface area contributed by atoms with E-state index in [-0.39, 0.29) is 5.78 Å². The number of para-hydroxylation sites is 1. The van der Waals surface area contributed by atoms with Crippen LogP contribution in [-0.4, -0.2) is 29.6 Å². The second-order valence-corrected chi connectivity index (χ2v) is 8.75. The highest BCUT2D eigenvalue weighted by Gasteiger charge is 2.38. The quantitative estimate of drug-likeness (QED) is 0.129. The summed E-state index contributed by atoms with van der Waals surface area (Å²) in [6, 6.07) is 36.4. The third kappa shape index (κ3) is 4.50. The van der Waals surface area contributed by atoms with Crippen molar-refractivity contribution in [2.24, 2.45) is 0 Å². The van der Waals surface area contributed by atoms with Gasteiger partial charge in [-0.3, -0.25) is 4.79 Å². The standard InChI is InChI=1S/C33H28N2O3/c1-37-31-20-12-13-25(32(31)38-2)21-22-30(36)29-23-35(24-34-29)33(26-14-6-3-7-15-26,27-16-8-4-9-17-27)28-18-10-5-11-19-28/h3-24H,1-2H3. The maximum absolute atomic E-state index is 13.3. The van der Waals surface area contributed by atoms with Gasteiger partial charge in [0, 0.05) is 11.8 Å². The van der Waals surface area contributed by atoms with Crippen LogP contribution in [-0.2, 0) is 5.54 Å². The lowest BCUT2D eigenvalue weighted by molar-refractivity contribution is 0.104. The highest BCUT2D eigenvalue weighted by atomic mass is 16.5. The summed E-state index contributed by atoms with van der Waals surface area (Å²) in [5, 5.41) is 0. The molecule has 0 atom stereocenters. The predicted molar refractivity (Wildman–Crippen MR) is 150 cm³/mol. The third-order valence-corrected chi connectivity index (χ3v) is 6.64. The van der Waals surface area contributed by atoms with Crippen LogP contribution < -0.4 is 9.47 Å². The lowest BCUT2D eigenvalue weighted by atomic mass is 9.77. The van der Waals surface area contributed by atoms with Crippen molar-refractivity contribution in [2.45, 2.75) is 5.54 Å². The van der Waals surface area contributed by atoms with Crippen molar-refractivity contribution in [1.29, 1.82) is 0 Å². The molecule has 38 heavy (non-hydrogen) atoms. The maximum atomic E-state index is 13.3. The monoisotopic (exact) mass is 500 g/mol. The zero-order chi connectivity index (χ0) is 26.4. The van der Waals surface area contributed by atoms with E-state index in [2.05, 4.69) is 41.4 Å². The molecule has 1 aromatic heterocycles. The number of ketones is 1. The predicted octanol–water partition coefficient (Wildman–Crippen LogP) is 6.64. The SMILES string of the molecule is COc1cccc(C=CC(=O)c2cn(C(c3ccccc3)(c3ccccc3)c3ccccc3)cn2)c1OC. The van der Waals surface area contributed by atoms with E-state index in [1.807, 2.05) is 83.6 Å². The number of carbonyl (C=O) groups excluding carboxylic acids is 1. The minimum Gasteiger partial charge on any atom is -0.493 e. The van der Waals surface area contributed by atoms with Gasteiger partial charge >= 0.3 is 0 Å². The molecule has 0 aliphatic rings. The molecule has 5 rings (SSSR count).